The molecule has 1 aromatic carbocycles. The molecular formula is C26H29F2N3+2. The normalized spacial score (nSPS) is 11.3. The highest BCUT2D eigenvalue weighted by atomic mass is 19.1. The van der Waals surface area contributed by atoms with Crippen LogP contribution in [0.5, 0.6) is 0 Å². The monoisotopic (exact) mass is 421 g/mol. The molecule has 2 aromatic heterocycles. The van der Waals surface area contributed by atoms with Gasteiger partial charge < -0.3 is 0 Å². The number of rotatable bonds is 4. The lowest BCUT2D eigenvalue weighted by Gasteiger charge is -2.15. The van der Waals surface area contributed by atoms with Crippen molar-refractivity contribution in [2.75, 3.05) is 0 Å². The summed E-state index contributed by atoms with van der Waals surface area (Å²) in [5, 5.41) is 0. The van der Waals surface area contributed by atoms with E-state index in [1.54, 1.807) is 6.92 Å². The molecule has 0 saturated carbocycles. The summed E-state index contributed by atoms with van der Waals surface area (Å²) in [5.74, 6) is -0.981. The minimum absolute atomic E-state index is 0.258. The highest BCUT2D eigenvalue weighted by Crippen LogP contribution is 2.40. The van der Waals surface area contributed by atoms with Crippen molar-refractivity contribution in [3.05, 3.63) is 76.4 Å². The maximum Gasteiger partial charge on any atom is 0.258 e. The molecule has 0 radical (unpaired) electrons. The van der Waals surface area contributed by atoms with E-state index in [1.807, 2.05) is 59.9 Å². The zero-order valence-corrected chi connectivity index (χ0v) is 19.2. The Morgan fingerprint density at radius 2 is 1.16 bits per heavy atom. The molecule has 0 saturated heterocycles. The van der Waals surface area contributed by atoms with Crippen LogP contribution in [0.15, 0.2) is 36.7 Å². The predicted molar refractivity (Wildman–Crippen MR) is 119 cm³/mol. The standard InChI is InChI=1S/C26H29F2N3/c1-15(2)18-9-11-20(30(7)13-18)22-17(5)23(25(28)26(29-6)24(22)27)21-12-10-19(16(3)4)14-31(21)8/h9-16H,1-5,7-8H3/q+2. The van der Waals surface area contributed by atoms with E-state index < -0.39 is 17.3 Å². The van der Waals surface area contributed by atoms with E-state index in [9.17, 15) is 0 Å². The topological polar surface area (TPSA) is 12.1 Å². The van der Waals surface area contributed by atoms with E-state index in [4.69, 9.17) is 6.57 Å². The fourth-order valence-electron chi connectivity index (χ4n) is 3.95. The Kier molecular flexibility index (Phi) is 6.22. The molecule has 0 bridgehead atoms. The first-order valence-electron chi connectivity index (χ1n) is 10.5. The van der Waals surface area contributed by atoms with Gasteiger partial charge in [-0.25, -0.2) is 22.8 Å². The molecule has 160 valence electrons. The van der Waals surface area contributed by atoms with Gasteiger partial charge in [0, 0.05) is 23.3 Å². The second-order valence-corrected chi connectivity index (χ2v) is 8.69. The molecule has 0 N–H and O–H groups in total. The van der Waals surface area contributed by atoms with Gasteiger partial charge in [-0.05, 0) is 36.5 Å². The average molecular weight is 422 g/mol. The van der Waals surface area contributed by atoms with E-state index >= 15 is 8.78 Å². The number of aromatic nitrogens is 2. The van der Waals surface area contributed by atoms with Crippen LogP contribution in [0.25, 0.3) is 27.4 Å². The molecule has 31 heavy (non-hydrogen) atoms. The van der Waals surface area contributed by atoms with Crippen molar-refractivity contribution in [3.63, 3.8) is 0 Å². The van der Waals surface area contributed by atoms with Crippen molar-refractivity contribution >= 4 is 5.69 Å². The Hall–Kier alpha value is -3.13. The Morgan fingerprint density at radius 3 is 1.45 bits per heavy atom. The van der Waals surface area contributed by atoms with Crippen LogP contribution in [0.4, 0.5) is 14.5 Å². The minimum Gasteiger partial charge on any atom is -0.232 e. The lowest BCUT2D eigenvalue weighted by molar-refractivity contribution is -0.661. The van der Waals surface area contributed by atoms with Crippen LogP contribution < -0.4 is 9.13 Å². The molecule has 0 amide bonds. The average Bonchev–Trinajstić information content (AvgIpc) is 2.70. The molecule has 3 nitrogen and oxygen atoms in total. The number of pyridine rings is 2. The smallest absolute Gasteiger partial charge is 0.232 e. The van der Waals surface area contributed by atoms with Crippen LogP contribution in [0, 0.1) is 25.1 Å². The molecule has 5 heteroatoms. The first-order chi connectivity index (χ1) is 14.6. The van der Waals surface area contributed by atoms with Crippen LogP contribution in [0.1, 0.15) is 56.2 Å². The predicted octanol–water partition coefficient (Wildman–Crippen LogP) is 6.05. The number of halogens is 2. The summed E-state index contributed by atoms with van der Waals surface area (Å²) < 4.78 is 34.5. The fourth-order valence-corrected chi connectivity index (χ4v) is 3.95. The van der Waals surface area contributed by atoms with Gasteiger partial charge in [-0.2, -0.15) is 0 Å². The van der Waals surface area contributed by atoms with Crippen LogP contribution in [0.3, 0.4) is 0 Å². The Bertz CT molecular complexity index is 1120. The van der Waals surface area contributed by atoms with E-state index in [0.717, 1.165) is 11.1 Å². The summed E-state index contributed by atoms with van der Waals surface area (Å²) in [6.45, 7) is 17.5. The van der Waals surface area contributed by atoms with Crippen molar-refractivity contribution in [3.8, 4) is 22.5 Å². The van der Waals surface area contributed by atoms with Crippen molar-refractivity contribution in [1.29, 1.82) is 0 Å². The number of aryl methyl sites for hydroxylation is 2. The van der Waals surface area contributed by atoms with Gasteiger partial charge in [-0.15, -0.1) is 0 Å². The van der Waals surface area contributed by atoms with Gasteiger partial charge in [0.05, 0.1) is 17.7 Å². The quantitative estimate of drug-likeness (QED) is 0.359. The van der Waals surface area contributed by atoms with Crippen LogP contribution >= 0.6 is 0 Å². The number of nitrogens with zero attached hydrogens (tertiary/aromatic N) is 3. The third kappa shape index (κ3) is 3.95. The Balaban J connectivity index is 2.36. The molecule has 0 aliphatic rings. The van der Waals surface area contributed by atoms with Gasteiger partial charge in [0.1, 0.15) is 25.7 Å². The summed E-state index contributed by atoms with van der Waals surface area (Å²) in [5.41, 5.74) is 3.86. The summed E-state index contributed by atoms with van der Waals surface area (Å²) in [7, 11) is 3.69. The molecule has 0 unspecified atom stereocenters. The first-order valence-corrected chi connectivity index (χ1v) is 10.5. The summed E-state index contributed by atoms with van der Waals surface area (Å²) >= 11 is 0. The SMILES string of the molecule is [C-]#[N+]c1c(F)c(-c2ccc(C(C)C)c[n+]2C)c(C)c(-c2ccc(C(C)C)c[n+]2C)c1F. The lowest BCUT2D eigenvalue weighted by Crippen LogP contribution is -2.33. The van der Waals surface area contributed by atoms with Crippen molar-refractivity contribution in [1.82, 2.24) is 0 Å². The molecule has 2 heterocycles. The van der Waals surface area contributed by atoms with Gasteiger partial charge >= 0.3 is 0 Å². The third-order valence-corrected chi connectivity index (χ3v) is 5.87. The Morgan fingerprint density at radius 1 is 0.774 bits per heavy atom. The Labute approximate surface area is 183 Å². The van der Waals surface area contributed by atoms with E-state index in [1.165, 1.54) is 0 Å². The summed E-state index contributed by atoms with van der Waals surface area (Å²) in [4.78, 5) is 3.22. The molecule has 3 aromatic rings. The minimum atomic E-state index is -0.817. The largest absolute Gasteiger partial charge is 0.258 e. The molecular weight excluding hydrogens is 392 g/mol. The molecule has 0 aliphatic heterocycles. The van der Waals surface area contributed by atoms with Crippen molar-refractivity contribution in [2.45, 2.75) is 46.5 Å². The van der Waals surface area contributed by atoms with E-state index in [2.05, 4.69) is 32.5 Å². The number of hydrogen-bond donors (Lipinski definition) is 0. The fraction of sp³-hybridized carbons (Fsp3) is 0.346. The lowest BCUT2D eigenvalue weighted by atomic mass is 9.93. The maximum atomic E-state index is 15.4. The van der Waals surface area contributed by atoms with E-state index in [-0.39, 0.29) is 11.1 Å². The molecule has 0 aliphatic carbocycles. The highest BCUT2D eigenvalue weighted by molar-refractivity contribution is 5.80. The first kappa shape index (κ1) is 22.6. The third-order valence-electron chi connectivity index (χ3n) is 5.87. The van der Waals surface area contributed by atoms with E-state index in [0.29, 0.717) is 28.8 Å². The van der Waals surface area contributed by atoms with Gasteiger partial charge in [0.15, 0.2) is 12.4 Å². The zero-order valence-electron chi connectivity index (χ0n) is 19.2. The molecule has 0 atom stereocenters. The second-order valence-electron chi connectivity index (χ2n) is 8.69. The van der Waals surface area contributed by atoms with Crippen molar-refractivity contribution in [2.24, 2.45) is 14.1 Å². The molecule has 0 fully saturated rings. The van der Waals surface area contributed by atoms with Gasteiger partial charge in [-0.3, -0.25) is 0 Å². The summed E-state index contributed by atoms with van der Waals surface area (Å²) in [6.07, 6.45) is 3.91. The van der Waals surface area contributed by atoms with Crippen LogP contribution in [0.2, 0.25) is 0 Å². The van der Waals surface area contributed by atoms with Crippen molar-refractivity contribution < 1.29 is 17.9 Å². The molecule has 0 spiro atoms. The highest BCUT2D eigenvalue weighted by Gasteiger charge is 2.31. The van der Waals surface area contributed by atoms with Gasteiger partial charge in [0.2, 0.25) is 11.4 Å². The van der Waals surface area contributed by atoms with Gasteiger partial charge in [0.25, 0.3) is 5.69 Å². The van der Waals surface area contributed by atoms with Crippen LogP contribution in [-0.2, 0) is 14.1 Å². The molecule has 3 rings (SSSR count). The second kappa shape index (κ2) is 8.55. The number of hydrogen-bond acceptors (Lipinski definition) is 0. The number of benzene rings is 1. The maximum absolute atomic E-state index is 15.4. The summed E-state index contributed by atoms with van der Waals surface area (Å²) in [6, 6.07) is 7.60. The van der Waals surface area contributed by atoms with Gasteiger partial charge in [-0.1, -0.05) is 27.7 Å². The van der Waals surface area contributed by atoms with Crippen LogP contribution in [-0.4, -0.2) is 0 Å². The zero-order chi connectivity index (χ0) is 23.0.